The van der Waals surface area contributed by atoms with Gasteiger partial charge in [0.1, 0.15) is 5.82 Å². The highest BCUT2D eigenvalue weighted by Gasteiger charge is 2.16. The Kier molecular flexibility index (Phi) is 3.12. The molecule has 15 heavy (non-hydrogen) atoms. The Balaban J connectivity index is 3.07. The second-order valence-corrected chi connectivity index (χ2v) is 4.96. The van der Waals surface area contributed by atoms with Crippen LogP contribution >= 0.6 is 0 Å². The Labute approximate surface area is 91.4 Å². The van der Waals surface area contributed by atoms with Gasteiger partial charge in [-0.2, -0.15) is 0 Å². The van der Waals surface area contributed by atoms with E-state index in [1.165, 1.54) is 0 Å². The lowest BCUT2D eigenvalue weighted by molar-refractivity contribution is 0.544. The molecule has 1 heterocycles. The summed E-state index contributed by atoms with van der Waals surface area (Å²) in [5, 5.41) is 0. The smallest absolute Gasteiger partial charge is 0.133 e. The first-order chi connectivity index (χ1) is 6.82. The van der Waals surface area contributed by atoms with Gasteiger partial charge in [-0.05, 0) is 13.8 Å². The number of hydrogen-bond acceptors (Lipinski definition) is 3. The summed E-state index contributed by atoms with van der Waals surface area (Å²) in [6, 6.07) is 0. The minimum atomic E-state index is -0.0156. The van der Waals surface area contributed by atoms with Gasteiger partial charge in [0.05, 0.1) is 0 Å². The van der Waals surface area contributed by atoms with Crippen molar-refractivity contribution in [2.24, 2.45) is 5.73 Å². The molecule has 0 saturated heterocycles. The number of nitrogens with two attached hydrogens (primary N) is 1. The summed E-state index contributed by atoms with van der Waals surface area (Å²) in [6.07, 6.45) is 3.58. The topological polar surface area (TPSA) is 51.8 Å². The zero-order valence-corrected chi connectivity index (χ0v) is 10.1. The van der Waals surface area contributed by atoms with E-state index in [1.54, 1.807) is 12.4 Å². The monoisotopic (exact) mass is 205 g/mol. The maximum Gasteiger partial charge on any atom is 0.133 e. The minimum absolute atomic E-state index is 0.0156. The highest BCUT2D eigenvalue weighted by atomic mass is 14.9. The van der Waals surface area contributed by atoms with Crippen molar-refractivity contribution in [2.75, 3.05) is 0 Å². The lowest BCUT2D eigenvalue weighted by Crippen LogP contribution is -2.16. The number of nitrogens with zero attached hydrogens (tertiary/aromatic N) is 2. The molecule has 1 aromatic heterocycles. The minimum Gasteiger partial charge on any atom is -0.398 e. The molecule has 0 aliphatic heterocycles. The van der Waals surface area contributed by atoms with Crippen LogP contribution in [0.25, 0.3) is 5.70 Å². The summed E-state index contributed by atoms with van der Waals surface area (Å²) >= 11 is 0. The van der Waals surface area contributed by atoms with Crippen LogP contribution in [-0.2, 0) is 5.41 Å². The highest BCUT2D eigenvalue weighted by molar-refractivity contribution is 5.63. The van der Waals surface area contributed by atoms with E-state index in [9.17, 15) is 0 Å². The van der Waals surface area contributed by atoms with E-state index in [0.717, 1.165) is 22.7 Å². The molecule has 0 aliphatic carbocycles. The standard InChI is InChI=1S/C12H19N3/c1-8(2)10(13)9-6-14-11(15-7-9)12(3,4)5/h6-7H,13H2,1-5H3. The van der Waals surface area contributed by atoms with Gasteiger partial charge in [0.2, 0.25) is 0 Å². The molecule has 0 saturated carbocycles. The van der Waals surface area contributed by atoms with E-state index in [1.807, 2.05) is 13.8 Å². The van der Waals surface area contributed by atoms with Gasteiger partial charge in [0.25, 0.3) is 0 Å². The van der Waals surface area contributed by atoms with Crippen molar-refractivity contribution in [3.05, 3.63) is 29.4 Å². The van der Waals surface area contributed by atoms with E-state index in [-0.39, 0.29) is 5.41 Å². The highest BCUT2D eigenvalue weighted by Crippen LogP contribution is 2.18. The second kappa shape index (κ2) is 4.01. The Bertz CT molecular complexity index is 365. The first-order valence-corrected chi connectivity index (χ1v) is 5.08. The van der Waals surface area contributed by atoms with Crippen LogP contribution in [0.3, 0.4) is 0 Å². The van der Waals surface area contributed by atoms with Crippen molar-refractivity contribution in [2.45, 2.75) is 40.0 Å². The van der Waals surface area contributed by atoms with Crippen molar-refractivity contribution >= 4 is 5.70 Å². The van der Waals surface area contributed by atoms with Gasteiger partial charge >= 0.3 is 0 Å². The fourth-order valence-electron chi connectivity index (χ4n) is 1.14. The van der Waals surface area contributed by atoms with Crippen LogP contribution in [0, 0.1) is 0 Å². The van der Waals surface area contributed by atoms with Gasteiger partial charge in [-0.1, -0.05) is 26.3 Å². The van der Waals surface area contributed by atoms with Gasteiger partial charge in [-0.3, -0.25) is 0 Å². The summed E-state index contributed by atoms with van der Waals surface area (Å²) in [5.74, 6) is 0.841. The molecule has 0 aromatic carbocycles. The molecule has 0 amide bonds. The van der Waals surface area contributed by atoms with Crippen LogP contribution < -0.4 is 5.73 Å². The SMILES string of the molecule is CC(C)=C(N)c1cnc(C(C)(C)C)nc1. The molecule has 3 heteroatoms. The molecule has 0 unspecified atom stereocenters. The zero-order chi connectivity index (χ0) is 11.6. The van der Waals surface area contributed by atoms with E-state index in [4.69, 9.17) is 5.73 Å². The summed E-state index contributed by atoms with van der Waals surface area (Å²) in [5.41, 5.74) is 8.62. The fraction of sp³-hybridized carbons (Fsp3) is 0.500. The largest absolute Gasteiger partial charge is 0.398 e. The molecule has 0 aliphatic rings. The maximum atomic E-state index is 5.90. The number of rotatable bonds is 1. The summed E-state index contributed by atoms with van der Waals surface area (Å²) in [6.45, 7) is 10.2. The van der Waals surface area contributed by atoms with Crippen molar-refractivity contribution in [3.8, 4) is 0 Å². The van der Waals surface area contributed by atoms with Crippen molar-refractivity contribution < 1.29 is 0 Å². The lowest BCUT2D eigenvalue weighted by Gasteiger charge is -2.16. The molecule has 82 valence electrons. The molecule has 0 atom stereocenters. The summed E-state index contributed by atoms with van der Waals surface area (Å²) in [7, 11) is 0. The van der Waals surface area contributed by atoms with E-state index in [0.29, 0.717) is 0 Å². The Hall–Kier alpha value is -1.38. The van der Waals surface area contributed by atoms with Crippen LogP contribution in [0.1, 0.15) is 46.0 Å². The molecule has 0 radical (unpaired) electrons. The molecule has 1 aromatic rings. The van der Waals surface area contributed by atoms with Gasteiger partial charge in [0, 0.05) is 29.1 Å². The normalized spacial score (nSPS) is 11.3. The average molecular weight is 205 g/mol. The molecule has 3 nitrogen and oxygen atoms in total. The Morgan fingerprint density at radius 3 is 1.93 bits per heavy atom. The van der Waals surface area contributed by atoms with Gasteiger partial charge in [-0.15, -0.1) is 0 Å². The molecule has 0 spiro atoms. The van der Waals surface area contributed by atoms with Gasteiger partial charge in [-0.25, -0.2) is 9.97 Å². The third-order valence-corrected chi connectivity index (χ3v) is 2.17. The molecular formula is C12H19N3. The van der Waals surface area contributed by atoms with Crippen molar-refractivity contribution in [1.82, 2.24) is 9.97 Å². The van der Waals surface area contributed by atoms with Crippen LogP contribution in [0.2, 0.25) is 0 Å². The van der Waals surface area contributed by atoms with E-state index in [2.05, 4.69) is 30.7 Å². The van der Waals surface area contributed by atoms with Gasteiger partial charge in [0.15, 0.2) is 0 Å². The first kappa shape index (κ1) is 11.7. The predicted molar refractivity (Wildman–Crippen MR) is 63.2 cm³/mol. The average Bonchev–Trinajstić information content (AvgIpc) is 2.15. The van der Waals surface area contributed by atoms with E-state index >= 15 is 0 Å². The lowest BCUT2D eigenvalue weighted by atomic mass is 9.95. The summed E-state index contributed by atoms with van der Waals surface area (Å²) in [4.78, 5) is 8.66. The third-order valence-electron chi connectivity index (χ3n) is 2.17. The Morgan fingerprint density at radius 2 is 1.60 bits per heavy atom. The molecular weight excluding hydrogens is 186 g/mol. The molecule has 2 N–H and O–H groups in total. The fourth-order valence-corrected chi connectivity index (χ4v) is 1.14. The van der Waals surface area contributed by atoms with Gasteiger partial charge < -0.3 is 5.73 Å². The number of aromatic nitrogens is 2. The summed E-state index contributed by atoms with van der Waals surface area (Å²) < 4.78 is 0. The number of allylic oxidation sites excluding steroid dienone is 1. The second-order valence-electron chi connectivity index (χ2n) is 4.96. The number of hydrogen-bond donors (Lipinski definition) is 1. The van der Waals surface area contributed by atoms with E-state index < -0.39 is 0 Å². The molecule has 0 bridgehead atoms. The quantitative estimate of drug-likeness (QED) is 0.766. The van der Waals surface area contributed by atoms with Crippen LogP contribution in [0.5, 0.6) is 0 Å². The molecule has 0 fully saturated rings. The van der Waals surface area contributed by atoms with Crippen molar-refractivity contribution in [1.29, 1.82) is 0 Å². The predicted octanol–water partition coefficient (Wildman–Crippen LogP) is 2.48. The zero-order valence-electron chi connectivity index (χ0n) is 10.1. The van der Waals surface area contributed by atoms with Crippen molar-refractivity contribution in [3.63, 3.8) is 0 Å². The third kappa shape index (κ3) is 2.78. The maximum absolute atomic E-state index is 5.90. The van der Waals surface area contributed by atoms with Crippen LogP contribution in [-0.4, -0.2) is 9.97 Å². The van der Waals surface area contributed by atoms with Crippen LogP contribution in [0.4, 0.5) is 0 Å². The Morgan fingerprint density at radius 1 is 1.13 bits per heavy atom. The molecule has 1 rings (SSSR count). The first-order valence-electron chi connectivity index (χ1n) is 5.08. The van der Waals surface area contributed by atoms with Crippen LogP contribution in [0.15, 0.2) is 18.0 Å².